The summed E-state index contributed by atoms with van der Waals surface area (Å²) in [5, 5.41) is 6.75. The van der Waals surface area contributed by atoms with Crippen molar-refractivity contribution in [2.45, 2.75) is 32.7 Å². The molecule has 0 spiro atoms. The van der Waals surface area contributed by atoms with Gasteiger partial charge in [0.05, 0.1) is 6.04 Å². The van der Waals surface area contributed by atoms with Gasteiger partial charge in [-0.3, -0.25) is 9.69 Å². The Morgan fingerprint density at radius 3 is 2.58 bits per heavy atom. The average molecular weight is 361 g/mol. The third kappa shape index (κ3) is 4.19. The summed E-state index contributed by atoms with van der Waals surface area (Å²) < 4.78 is 18.6. The second kappa shape index (κ2) is 7.82. The normalized spacial score (nSPS) is 16.7. The van der Waals surface area contributed by atoms with Gasteiger partial charge in [0.15, 0.2) is 5.82 Å². The van der Waals surface area contributed by atoms with Gasteiger partial charge in [-0.25, -0.2) is 4.39 Å². The Labute approximate surface area is 152 Å². The Hall–Kier alpha value is -2.48. The zero-order valence-electron chi connectivity index (χ0n) is 15.3. The first kappa shape index (κ1) is 18.3. The number of halogens is 1. The zero-order chi connectivity index (χ0) is 18.7. The highest BCUT2D eigenvalue weighted by Crippen LogP contribution is 2.19. The number of aromatic nitrogens is 2. The largest absolute Gasteiger partial charge is 0.325 e. The predicted molar refractivity (Wildman–Crippen MR) is 96.7 cm³/mol. The van der Waals surface area contributed by atoms with Crippen LogP contribution in [0.4, 0.5) is 16.1 Å². The fraction of sp³-hybridized carbons (Fsp3) is 0.500. The van der Waals surface area contributed by atoms with E-state index in [1.807, 2.05) is 25.7 Å². The van der Waals surface area contributed by atoms with Crippen LogP contribution in [0.15, 0.2) is 28.8 Å². The van der Waals surface area contributed by atoms with Gasteiger partial charge in [-0.15, -0.1) is 0 Å². The number of nitrogens with one attached hydrogen (secondary N) is 1. The highest BCUT2D eigenvalue weighted by Gasteiger charge is 2.27. The Morgan fingerprint density at radius 2 is 1.96 bits per heavy atom. The Bertz CT molecular complexity index is 756. The van der Waals surface area contributed by atoms with Crippen LogP contribution in [0.5, 0.6) is 0 Å². The minimum Gasteiger partial charge on any atom is -0.325 e. The predicted octanol–water partition coefficient (Wildman–Crippen LogP) is 2.48. The molecule has 8 heteroatoms. The van der Waals surface area contributed by atoms with Gasteiger partial charge in [0, 0.05) is 37.8 Å². The molecule has 0 radical (unpaired) electrons. The fourth-order valence-electron chi connectivity index (χ4n) is 2.87. The van der Waals surface area contributed by atoms with Crippen molar-refractivity contribution in [2.24, 2.45) is 0 Å². The van der Waals surface area contributed by atoms with Crippen LogP contribution < -0.4 is 10.2 Å². The summed E-state index contributed by atoms with van der Waals surface area (Å²) in [6, 6.07) is 6.13. The van der Waals surface area contributed by atoms with Crippen LogP contribution in [0.2, 0.25) is 0 Å². The molecule has 7 nitrogen and oxygen atoms in total. The van der Waals surface area contributed by atoms with Gasteiger partial charge >= 0.3 is 6.01 Å². The number of hydrogen-bond acceptors (Lipinski definition) is 6. The van der Waals surface area contributed by atoms with Crippen molar-refractivity contribution in [1.29, 1.82) is 0 Å². The fourth-order valence-corrected chi connectivity index (χ4v) is 2.87. The Balaban J connectivity index is 1.54. The third-order valence-corrected chi connectivity index (χ3v) is 4.55. The lowest BCUT2D eigenvalue weighted by atomic mass is 10.2. The van der Waals surface area contributed by atoms with Gasteiger partial charge in [0.25, 0.3) is 0 Å². The van der Waals surface area contributed by atoms with E-state index in [9.17, 15) is 9.18 Å². The zero-order valence-corrected chi connectivity index (χ0v) is 15.3. The molecule has 1 aromatic heterocycles. The van der Waals surface area contributed by atoms with Gasteiger partial charge in [0.1, 0.15) is 5.82 Å². The summed E-state index contributed by atoms with van der Waals surface area (Å²) in [5.41, 5.74) is 0.465. The third-order valence-electron chi connectivity index (χ3n) is 4.55. The monoisotopic (exact) mass is 361 g/mol. The molecule has 2 aromatic rings. The van der Waals surface area contributed by atoms with Gasteiger partial charge in [-0.1, -0.05) is 25.1 Å². The lowest BCUT2D eigenvalue weighted by Crippen LogP contribution is -2.53. The van der Waals surface area contributed by atoms with Crippen LogP contribution in [-0.2, 0) is 4.79 Å². The summed E-state index contributed by atoms with van der Waals surface area (Å²) in [6.07, 6.45) is 0. The number of carbonyl (C=O) groups excluding carboxylic acids is 1. The number of nitrogens with zero attached hydrogens (tertiary/aromatic N) is 4. The maximum Gasteiger partial charge on any atom is 0.324 e. The summed E-state index contributed by atoms with van der Waals surface area (Å²) in [6.45, 7) is 8.72. The standard InChI is InChI=1S/C18H24FN5O2/c1-12(2)16-21-18(26-22-16)24-9-7-23(8-10-24)13(3)17(25)20-15-6-4-5-14(19)11-15/h4-6,11-13H,7-10H2,1-3H3,(H,20,25). The smallest absolute Gasteiger partial charge is 0.324 e. The van der Waals surface area contributed by atoms with Crippen LogP contribution in [0.3, 0.4) is 0 Å². The number of hydrogen-bond donors (Lipinski definition) is 1. The average Bonchev–Trinajstić information content (AvgIpc) is 3.12. The molecule has 0 aliphatic carbocycles. The molecule has 1 atom stereocenters. The minimum absolute atomic E-state index is 0.149. The second-order valence-electron chi connectivity index (χ2n) is 6.79. The van der Waals surface area contributed by atoms with Crippen LogP contribution in [0, 0.1) is 5.82 Å². The summed E-state index contributed by atoms with van der Waals surface area (Å²) in [7, 11) is 0. The molecule has 1 unspecified atom stereocenters. The van der Waals surface area contributed by atoms with E-state index >= 15 is 0 Å². The molecule has 140 valence electrons. The number of amides is 1. The van der Waals surface area contributed by atoms with Crippen molar-refractivity contribution in [3.05, 3.63) is 35.9 Å². The lowest BCUT2D eigenvalue weighted by molar-refractivity contribution is -0.120. The van der Waals surface area contributed by atoms with Gasteiger partial charge < -0.3 is 14.7 Å². The van der Waals surface area contributed by atoms with Crippen molar-refractivity contribution < 1.29 is 13.7 Å². The van der Waals surface area contributed by atoms with Crippen LogP contribution in [-0.4, -0.2) is 53.2 Å². The molecule has 1 fully saturated rings. The molecule has 1 amide bonds. The molecule has 0 bridgehead atoms. The van der Waals surface area contributed by atoms with Crippen LogP contribution >= 0.6 is 0 Å². The van der Waals surface area contributed by atoms with Crippen molar-refractivity contribution in [3.63, 3.8) is 0 Å². The highest BCUT2D eigenvalue weighted by molar-refractivity contribution is 5.94. The Morgan fingerprint density at radius 1 is 1.23 bits per heavy atom. The molecule has 1 aromatic carbocycles. The number of carbonyl (C=O) groups is 1. The van der Waals surface area contributed by atoms with Gasteiger partial charge in [0.2, 0.25) is 5.91 Å². The second-order valence-corrected chi connectivity index (χ2v) is 6.79. The van der Waals surface area contributed by atoms with E-state index in [-0.39, 0.29) is 23.7 Å². The summed E-state index contributed by atoms with van der Waals surface area (Å²) in [5.74, 6) is 0.402. The van der Waals surface area contributed by atoms with E-state index in [4.69, 9.17) is 4.52 Å². The maximum atomic E-state index is 13.2. The topological polar surface area (TPSA) is 74.5 Å². The van der Waals surface area contributed by atoms with Crippen LogP contribution in [0.25, 0.3) is 0 Å². The van der Waals surface area contributed by atoms with E-state index in [0.29, 0.717) is 43.7 Å². The molecule has 1 N–H and O–H groups in total. The van der Waals surface area contributed by atoms with Crippen molar-refractivity contribution in [1.82, 2.24) is 15.0 Å². The quantitative estimate of drug-likeness (QED) is 0.882. The first-order chi connectivity index (χ1) is 12.4. The van der Waals surface area contributed by atoms with Crippen LogP contribution in [0.1, 0.15) is 32.5 Å². The molecular weight excluding hydrogens is 337 g/mol. The molecule has 3 rings (SSSR count). The van der Waals surface area contributed by atoms with E-state index < -0.39 is 0 Å². The van der Waals surface area contributed by atoms with E-state index in [2.05, 4.69) is 20.4 Å². The van der Waals surface area contributed by atoms with Crippen molar-refractivity contribution in [3.8, 4) is 0 Å². The molecule has 1 aliphatic rings. The molecule has 0 saturated carbocycles. The Kier molecular flexibility index (Phi) is 5.51. The molecular formula is C18H24FN5O2. The minimum atomic E-state index is -0.371. The van der Waals surface area contributed by atoms with Crippen molar-refractivity contribution >= 4 is 17.6 Å². The molecule has 1 saturated heterocycles. The van der Waals surface area contributed by atoms with Gasteiger partial charge in [-0.2, -0.15) is 4.98 Å². The summed E-state index contributed by atoms with van der Waals surface area (Å²) >= 11 is 0. The number of benzene rings is 1. The molecule has 1 aliphatic heterocycles. The number of rotatable bonds is 5. The first-order valence-electron chi connectivity index (χ1n) is 8.83. The first-order valence-corrected chi connectivity index (χ1v) is 8.83. The maximum absolute atomic E-state index is 13.2. The molecule has 2 heterocycles. The van der Waals surface area contributed by atoms with Crippen molar-refractivity contribution in [2.75, 3.05) is 36.4 Å². The number of piperazine rings is 1. The SMILES string of the molecule is CC(C)c1noc(N2CCN(C(C)C(=O)Nc3cccc(F)c3)CC2)n1. The summed E-state index contributed by atoms with van der Waals surface area (Å²) in [4.78, 5) is 21.0. The molecule has 26 heavy (non-hydrogen) atoms. The van der Waals surface area contributed by atoms with E-state index in [1.165, 1.54) is 12.1 Å². The highest BCUT2D eigenvalue weighted by atomic mass is 19.1. The lowest BCUT2D eigenvalue weighted by Gasteiger charge is -2.36. The van der Waals surface area contributed by atoms with E-state index in [0.717, 1.165) is 0 Å². The van der Waals surface area contributed by atoms with E-state index in [1.54, 1.807) is 12.1 Å². The van der Waals surface area contributed by atoms with Gasteiger partial charge in [-0.05, 0) is 25.1 Å². The number of anilines is 2.